The lowest BCUT2D eigenvalue weighted by molar-refractivity contribution is 0.389. The van der Waals surface area contributed by atoms with Crippen LogP contribution in [-0.4, -0.2) is 20.1 Å². The molecular formula is C13H20ClNO2. The summed E-state index contributed by atoms with van der Waals surface area (Å²) in [6.07, 6.45) is 0.712. The van der Waals surface area contributed by atoms with Crippen molar-refractivity contribution in [2.45, 2.75) is 26.3 Å². The van der Waals surface area contributed by atoms with Crippen LogP contribution in [0.5, 0.6) is 11.5 Å². The first kappa shape index (κ1) is 14.1. The molecule has 0 aromatic heterocycles. The summed E-state index contributed by atoms with van der Waals surface area (Å²) in [6, 6.07) is 1.81. The van der Waals surface area contributed by atoms with Gasteiger partial charge in [-0.25, -0.2) is 0 Å². The highest BCUT2D eigenvalue weighted by atomic mass is 35.5. The molecule has 1 unspecified atom stereocenters. The van der Waals surface area contributed by atoms with E-state index in [2.05, 4.69) is 0 Å². The second-order valence-electron chi connectivity index (χ2n) is 4.04. The van der Waals surface area contributed by atoms with Crippen molar-refractivity contribution >= 4 is 11.6 Å². The Hall–Kier alpha value is -0.930. The number of hydrogen-bond donors (Lipinski definition) is 1. The molecule has 1 atom stereocenters. The van der Waals surface area contributed by atoms with E-state index in [0.717, 1.165) is 28.2 Å². The van der Waals surface area contributed by atoms with Gasteiger partial charge in [0.25, 0.3) is 0 Å². The van der Waals surface area contributed by atoms with Gasteiger partial charge in [0.1, 0.15) is 11.5 Å². The van der Waals surface area contributed by atoms with Gasteiger partial charge in [0, 0.05) is 17.5 Å². The molecule has 96 valence electrons. The maximum atomic E-state index is 6.10. The highest BCUT2D eigenvalue weighted by molar-refractivity contribution is 6.17. The van der Waals surface area contributed by atoms with Crippen molar-refractivity contribution in [3.8, 4) is 11.5 Å². The van der Waals surface area contributed by atoms with Crippen LogP contribution in [0.3, 0.4) is 0 Å². The normalized spacial score (nSPS) is 12.4. The third kappa shape index (κ3) is 2.85. The number of nitrogens with two attached hydrogens (primary N) is 1. The second-order valence-corrected chi connectivity index (χ2v) is 4.41. The van der Waals surface area contributed by atoms with Gasteiger partial charge in [0.15, 0.2) is 0 Å². The van der Waals surface area contributed by atoms with Crippen LogP contribution in [0.25, 0.3) is 0 Å². The molecule has 17 heavy (non-hydrogen) atoms. The van der Waals surface area contributed by atoms with Gasteiger partial charge in [-0.3, -0.25) is 0 Å². The minimum atomic E-state index is -0.129. The van der Waals surface area contributed by atoms with Crippen LogP contribution < -0.4 is 15.2 Å². The van der Waals surface area contributed by atoms with Crippen LogP contribution in [0.4, 0.5) is 0 Å². The van der Waals surface area contributed by atoms with Crippen LogP contribution in [0.1, 0.15) is 29.2 Å². The lowest BCUT2D eigenvalue weighted by Crippen LogP contribution is -2.13. The molecule has 0 spiro atoms. The number of alkyl halides is 1. The Morgan fingerprint density at radius 1 is 1.24 bits per heavy atom. The van der Waals surface area contributed by atoms with E-state index in [0.29, 0.717) is 12.3 Å². The molecule has 0 fully saturated rings. The third-order valence-corrected chi connectivity index (χ3v) is 3.28. The maximum Gasteiger partial charge on any atom is 0.127 e. The number of halogens is 1. The van der Waals surface area contributed by atoms with E-state index >= 15 is 0 Å². The molecule has 0 aliphatic rings. The van der Waals surface area contributed by atoms with Crippen molar-refractivity contribution in [1.29, 1.82) is 0 Å². The lowest BCUT2D eigenvalue weighted by Gasteiger charge is -2.20. The molecule has 1 aromatic carbocycles. The van der Waals surface area contributed by atoms with E-state index in [9.17, 15) is 0 Å². The molecule has 1 aromatic rings. The van der Waals surface area contributed by atoms with E-state index in [4.69, 9.17) is 26.8 Å². The molecule has 0 amide bonds. The molecule has 0 saturated heterocycles. The summed E-state index contributed by atoms with van der Waals surface area (Å²) in [5.41, 5.74) is 9.19. The fraction of sp³-hybridized carbons (Fsp3) is 0.538. The first-order valence-corrected chi connectivity index (χ1v) is 6.13. The maximum absolute atomic E-state index is 6.10. The van der Waals surface area contributed by atoms with Crippen molar-refractivity contribution < 1.29 is 9.47 Å². The molecule has 0 radical (unpaired) electrons. The largest absolute Gasteiger partial charge is 0.496 e. The number of hydrogen-bond acceptors (Lipinski definition) is 3. The van der Waals surface area contributed by atoms with Gasteiger partial charge >= 0.3 is 0 Å². The van der Waals surface area contributed by atoms with Gasteiger partial charge in [-0.2, -0.15) is 0 Å². The van der Waals surface area contributed by atoms with E-state index < -0.39 is 0 Å². The minimum Gasteiger partial charge on any atom is -0.496 e. The van der Waals surface area contributed by atoms with Gasteiger partial charge in [-0.05, 0) is 37.5 Å². The Balaban J connectivity index is 3.31. The predicted molar refractivity (Wildman–Crippen MR) is 71.3 cm³/mol. The van der Waals surface area contributed by atoms with Crippen molar-refractivity contribution in [3.05, 3.63) is 22.8 Å². The van der Waals surface area contributed by atoms with Crippen molar-refractivity contribution in [2.75, 3.05) is 20.1 Å². The molecule has 0 aliphatic carbocycles. The minimum absolute atomic E-state index is 0.129. The standard InChI is InChI=1S/C13H20ClNO2/c1-8-9(2)13(17-4)10(7-12(8)16-3)11(15)5-6-14/h7,11H,5-6,15H2,1-4H3. The number of methoxy groups -OCH3 is 2. The van der Waals surface area contributed by atoms with Gasteiger partial charge in [-0.15, -0.1) is 11.6 Å². The zero-order valence-electron chi connectivity index (χ0n) is 10.8. The highest BCUT2D eigenvalue weighted by Crippen LogP contribution is 2.36. The molecule has 4 heteroatoms. The van der Waals surface area contributed by atoms with Gasteiger partial charge in [-0.1, -0.05) is 0 Å². The average Bonchev–Trinajstić information content (AvgIpc) is 2.32. The first-order valence-electron chi connectivity index (χ1n) is 5.60. The fourth-order valence-electron chi connectivity index (χ4n) is 1.92. The summed E-state index contributed by atoms with van der Waals surface area (Å²) in [6.45, 7) is 4.02. The van der Waals surface area contributed by atoms with E-state index in [1.807, 2.05) is 19.9 Å². The van der Waals surface area contributed by atoms with E-state index in [1.54, 1.807) is 14.2 Å². The van der Waals surface area contributed by atoms with E-state index in [1.165, 1.54) is 0 Å². The van der Waals surface area contributed by atoms with Crippen molar-refractivity contribution in [2.24, 2.45) is 5.73 Å². The molecule has 1 rings (SSSR count). The number of ether oxygens (including phenoxy) is 2. The molecule has 3 nitrogen and oxygen atoms in total. The third-order valence-electron chi connectivity index (χ3n) is 3.07. The Bertz CT molecular complexity index is 393. The summed E-state index contributed by atoms with van der Waals surface area (Å²) < 4.78 is 10.8. The fourth-order valence-corrected chi connectivity index (χ4v) is 2.15. The molecule has 0 bridgehead atoms. The quantitative estimate of drug-likeness (QED) is 0.825. The smallest absolute Gasteiger partial charge is 0.127 e. The zero-order chi connectivity index (χ0) is 13.0. The average molecular weight is 258 g/mol. The summed E-state index contributed by atoms with van der Waals surface area (Å²) >= 11 is 5.73. The van der Waals surface area contributed by atoms with Crippen molar-refractivity contribution in [1.82, 2.24) is 0 Å². The predicted octanol–water partition coefficient (Wildman–Crippen LogP) is 2.95. The van der Waals surface area contributed by atoms with Crippen LogP contribution in [-0.2, 0) is 0 Å². The van der Waals surface area contributed by atoms with Gasteiger partial charge < -0.3 is 15.2 Å². The Morgan fingerprint density at radius 2 is 1.88 bits per heavy atom. The molecular weight excluding hydrogens is 238 g/mol. The molecule has 0 aliphatic heterocycles. The Kier molecular flexibility index (Phi) is 5.09. The van der Waals surface area contributed by atoms with E-state index in [-0.39, 0.29) is 6.04 Å². The summed E-state index contributed by atoms with van der Waals surface area (Å²) in [7, 11) is 3.32. The summed E-state index contributed by atoms with van der Waals surface area (Å²) in [4.78, 5) is 0. The van der Waals surface area contributed by atoms with Crippen LogP contribution in [0.2, 0.25) is 0 Å². The summed E-state index contributed by atoms with van der Waals surface area (Å²) in [5, 5.41) is 0. The first-order chi connectivity index (χ1) is 8.06. The van der Waals surface area contributed by atoms with Crippen LogP contribution in [0, 0.1) is 13.8 Å². The molecule has 0 saturated carbocycles. The molecule has 0 heterocycles. The zero-order valence-corrected chi connectivity index (χ0v) is 11.6. The van der Waals surface area contributed by atoms with Crippen LogP contribution in [0.15, 0.2) is 6.07 Å². The number of benzene rings is 1. The Morgan fingerprint density at radius 3 is 2.35 bits per heavy atom. The highest BCUT2D eigenvalue weighted by Gasteiger charge is 2.18. The summed E-state index contributed by atoms with van der Waals surface area (Å²) in [5.74, 6) is 2.20. The monoisotopic (exact) mass is 257 g/mol. The second kappa shape index (κ2) is 6.12. The van der Waals surface area contributed by atoms with Gasteiger partial charge in [0.05, 0.1) is 14.2 Å². The number of rotatable bonds is 5. The Labute approximate surface area is 108 Å². The SMILES string of the molecule is COc1cc(C(N)CCCl)c(OC)c(C)c1C. The lowest BCUT2D eigenvalue weighted by atomic mass is 9.97. The van der Waals surface area contributed by atoms with Gasteiger partial charge in [0.2, 0.25) is 0 Å². The topological polar surface area (TPSA) is 44.5 Å². The van der Waals surface area contributed by atoms with Crippen LogP contribution >= 0.6 is 11.6 Å². The molecule has 2 N–H and O–H groups in total. The van der Waals surface area contributed by atoms with Crippen molar-refractivity contribution in [3.63, 3.8) is 0 Å².